The van der Waals surface area contributed by atoms with Crippen LogP contribution in [0.1, 0.15) is 32.3 Å². The lowest BCUT2D eigenvalue weighted by Crippen LogP contribution is -2.07. The molecule has 1 rings (SSSR count). The van der Waals surface area contributed by atoms with Gasteiger partial charge < -0.3 is 4.42 Å². The molecule has 1 unspecified atom stereocenters. The van der Waals surface area contributed by atoms with Crippen LogP contribution in [0.5, 0.6) is 0 Å². The fourth-order valence-corrected chi connectivity index (χ4v) is 1.82. The van der Waals surface area contributed by atoms with Crippen molar-refractivity contribution in [3.63, 3.8) is 0 Å². The van der Waals surface area contributed by atoms with Gasteiger partial charge in [0, 0.05) is 6.42 Å². The summed E-state index contributed by atoms with van der Waals surface area (Å²) in [5.41, 5.74) is 0. The Kier molecular flexibility index (Phi) is 4.26. The van der Waals surface area contributed by atoms with Gasteiger partial charge in [0.05, 0.1) is 11.0 Å². The van der Waals surface area contributed by atoms with Gasteiger partial charge in [-0.3, -0.25) is 4.79 Å². The van der Waals surface area contributed by atoms with Crippen LogP contribution in [0.15, 0.2) is 16.5 Å². The van der Waals surface area contributed by atoms with Crippen molar-refractivity contribution >= 4 is 17.5 Å². The summed E-state index contributed by atoms with van der Waals surface area (Å²) in [6.45, 7) is 5.61. The van der Waals surface area contributed by atoms with Crippen LogP contribution in [0.3, 0.4) is 0 Å². The molecule has 0 aliphatic rings. The Labute approximate surface area is 89.1 Å². The number of carbonyl (C=O) groups excluding carboxylic acids is 1. The van der Waals surface area contributed by atoms with Crippen molar-refractivity contribution in [2.75, 3.05) is 0 Å². The molecular formula is C11H16O2S. The van der Waals surface area contributed by atoms with Crippen LogP contribution in [0.25, 0.3) is 0 Å². The molecule has 0 fully saturated rings. The van der Waals surface area contributed by atoms with Crippen LogP contribution < -0.4 is 0 Å². The SMILES string of the molecule is CCc1ccc(CSC(C)C(C)=O)o1. The van der Waals surface area contributed by atoms with Gasteiger partial charge in [0.1, 0.15) is 17.3 Å². The number of furan rings is 1. The molecule has 3 heteroatoms. The van der Waals surface area contributed by atoms with E-state index in [4.69, 9.17) is 4.42 Å². The quantitative estimate of drug-likeness (QED) is 0.751. The predicted molar refractivity (Wildman–Crippen MR) is 59.5 cm³/mol. The fraction of sp³-hybridized carbons (Fsp3) is 0.545. The molecule has 0 aromatic carbocycles. The van der Waals surface area contributed by atoms with Crippen molar-refractivity contribution in [1.29, 1.82) is 0 Å². The van der Waals surface area contributed by atoms with Crippen LogP contribution >= 0.6 is 11.8 Å². The maximum absolute atomic E-state index is 11.0. The van der Waals surface area contributed by atoms with E-state index < -0.39 is 0 Å². The minimum Gasteiger partial charge on any atom is -0.465 e. The third kappa shape index (κ3) is 3.22. The highest BCUT2D eigenvalue weighted by Crippen LogP contribution is 2.20. The van der Waals surface area contributed by atoms with Crippen LogP contribution in [-0.4, -0.2) is 11.0 Å². The third-order valence-electron chi connectivity index (χ3n) is 2.11. The summed E-state index contributed by atoms with van der Waals surface area (Å²) in [6, 6.07) is 3.98. The Bertz CT molecular complexity index is 304. The molecular weight excluding hydrogens is 196 g/mol. The maximum atomic E-state index is 11.0. The number of aryl methyl sites for hydroxylation is 1. The number of hydrogen-bond acceptors (Lipinski definition) is 3. The van der Waals surface area contributed by atoms with Gasteiger partial charge in [-0.25, -0.2) is 0 Å². The van der Waals surface area contributed by atoms with E-state index in [0.717, 1.165) is 23.7 Å². The van der Waals surface area contributed by atoms with Crippen LogP contribution in [0.4, 0.5) is 0 Å². The second-order valence-electron chi connectivity index (χ2n) is 3.29. The number of ketones is 1. The third-order valence-corrected chi connectivity index (χ3v) is 3.40. The molecule has 0 saturated carbocycles. The van der Waals surface area contributed by atoms with Gasteiger partial charge in [-0.05, 0) is 26.0 Å². The fourth-order valence-electron chi connectivity index (χ4n) is 1.01. The molecule has 0 bridgehead atoms. The van der Waals surface area contributed by atoms with Gasteiger partial charge in [0.2, 0.25) is 0 Å². The van der Waals surface area contributed by atoms with Gasteiger partial charge in [0.25, 0.3) is 0 Å². The average molecular weight is 212 g/mol. The average Bonchev–Trinajstić information content (AvgIpc) is 2.61. The Morgan fingerprint density at radius 1 is 1.50 bits per heavy atom. The lowest BCUT2D eigenvalue weighted by molar-refractivity contribution is -0.116. The molecule has 0 spiro atoms. The molecule has 1 aromatic rings. The first-order valence-electron chi connectivity index (χ1n) is 4.83. The van der Waals surface area contributed by atoms with E-state index in [1.54, 1.807) is 18.7 Å². The Hall–Kier alpha value is -0.700. The predicted octanol–water partition coefficient (Wildman–Crippen LogP) is 3.05. The molecule has 1 atom stereocenters. The first kappa shape index (κ1) is 11.4. The van der Waals surface area contributed by atoms with Gasteiger partial charge in [-0.1, -0.05) is 6.92 Å². The summed E-state index contributed by atoms with van der Waals surface area (Å²) in [5.74, 6) is 2.97. The summed E-state index contributed by atoms with van der Waals surface area (Å²) in [6.07, 6.45) is 0.924. The van der Waals surface area contributed by atoms with Crippen LogP contribution in [0.2, 0.25) is 0 Å². The highest BCUT2D eigenvalue weighted by atomic mass is 32.2. The van der Waals surface area contributed by atoms with Gasteiger partial charge in [-0.2, -0.15) is 0 Å². The van der Waals surface area contributed by atoms with E-state index in [2.05, 4.69) is 6.92 Å². The molecule has 2 nitrogen and oxygen atoms in total. The van der Waals surface area contributed by atoms with E-state index in [9.17, 15) is 4.79 Å². The van der Waals surface area contributed by atoms with Gasteiger partial charge in [-0.15, -0.1) is 11.8 Å². The summed E-state index contributed by atoms with van der Waals surface area (Å²) >= 11 is 1.62. The van der Waals surface area contributed by atoms with E-state index in [1.807, 2.05) is 19.1 Å². The summed E-state index contributed by atoms with van der Waals surface area (Å²) in [5, 5.41) is 0.0603. The zero-order valence-corrected chi connectivity index (χ0v) is 9.69. The van der Waals surface area contributed by atoms with Crippen molar-refractivity contribution in [2.45, 2.75) is 38.2 Å². The highest BCUT2D eigenvalue weighted by molar-refractivity contribution is 7.99. The number of rotatable bonds is 5. The molecule has 1 aromatic heterocycles. The minimum absolute atomic E-state index is 0.0603. The standard InChI is InChI=1S/C11H16O2S/c1-4-10-5-6-11(13-10)7-14-9(3)8(2)12/h5-6,9H,4,7H2,1-3H3. The molecule has 1 heterocycles. The first-order chi connectivity index (χ1) is 6.63. The molecule has 0 aliphatic carbocycles. The summed E-state index contributed by atoms with van der Waals surface area (Å²) in [4.78, 5) is 11.0. The van der Waals surface area contributed by atoms with Crippen molar-refractivity contribution < 1.29 is 9.21 Å². The van der Waals surface area contributed by atoms with Crippen LogP contribution in [0, 0.1) is 0 Å². The first-order valence-corrected chi connectivity index (χ1v) is 5.88. The molecule has 0 radical (unpaired) electrons. The Morgan fingerprint density at radius 3 is 2.64 bits per heavy atom. The largest absolute Gasteiger partial charge is 0.465 e. The topological polar surface area (TPSA) is 30.2 Å². The van der Waals surface area contributed by atoms with Crippen LogP contribution in [-0.2, 0) is 17.0 Å². The smallest absolute Gasteiger partial charge is 0.142 e. The molecule has 14 heavy (non-hydrogen) atoms. The van der Waals surface area contributed by atoms with Gasteiger partial charge in [0.15, 0.2) is 0 Å². The van der Waals surface area contributed by atoms with E-state index >= 15 is 0 Å². The second kappa shape index (κ2) is 5.25. The minimum atomic E-state index is 0.0603. The molecule has 0 amide bonds. The van der Waals surface area contributed by atoms with Crippen molar-refractivity contribution in [3.8, 4) is 0 Å². The summed E-state index contributed by atoms with van der Waals surface area (Å²) < 4.78 is 5.53. The number of carbonyl (C=O) groups is 1. The van der Waals surface area contributed by atoms with E-state index in [1.165, 1.54) is 0 Å². The lowest BCUT2D eigenvalue weighted by Gasteiger charge is -2.04. The molecule has 0 saturated heterocycles. The molecule has 0 N–H and O–H groups in total. The molecule has 0 aliphatic heterocycles. The lowest BCUT2D eigenvalue weighted by atomic mass is 10.3. The van der Waals surface area contributed by atoms with Crippen molar-refractivity contribution in [3.05, 3.63) is 23.7 Å². The van der Waals surface area contributed by atoms with E-state index in [-0.39, 0.29) is 11.0 Å². The van der Waals surface area contributed by atoms with Crippen molar-refractivity contribution in [2.24, 2.45) is 0 Å². The second-order valence-corrected chi connectivity index (χ2v) is 4.61. The van der Waals surface area contributed by atoms with Crippen molar-refractivity contribution in [1.82, 2.24) is 0 Å². The zero-order chi connectivity index (χ0) is 10.6. The normalized spacial score (nSPS) is 12.8. The monoisotopic (exact) mass is 212 g/mol. The Morgan fingerprint density at radius 2 is 2.14 bits per heavy atom. The van der Waals surface area contributed by atoms with Gasteiger partial charge >= 0.3 is 0 Å². The maximum Gasteiger partial charge on any atom is 0.142 e. The molecule has 78 valence electrons. The number of Topliss-reactive ketones (excluding diaryl/α,β-unsaturated/α-hetero) is 1. The number of thioether (sulfide) groups is 1. The van der Waals surface area contributed by atoms with E-state index in [0.29, 0.717) is 0 Å². The summed E-state index contributed by atoms with van der Waals surface area (Å²) in [7, 11) is 0. The zero-order valence-electron chi connectivity index (χ0n) is 8.87. The number of hydrogen-bond donors (Lipinski definition) is 0. The Balaban J connectivity index is 2.41. The highest BCUT2D eigenvalue weighted by Gasteiger charge is 2.09.